The molecule has 2 aromatic rings. The highest BCUT2D eigenvalue weighted by Crippen LogP contribution is 2.35. The molecule has 0 saturated carbocycles. The molecule has 0 amide bonds. The van der Waals surface area contributed by atoms with Gasteiger partial charge in [0.05, 0.1) is 22.5 Å². The maximum absolute atomic E-state index is 12.8. The van der Waals surface area contributed by atoms with E-state index in [-0.39, 0.29) is 11.2 Å². The second-order valence-corrected chi connectivity index (χ2v) is 9.76. The molecule has 0 bridgehead atoms. The largest absolute Gasteiger partial charge is 0.297 e. The minimum atomic E-state index is -3.23. The van der Waals surface area contributed by atoms with Crippen molar-refractivity contribution in [3.05, 3.63) is 46.2 Å². The van der Waals surface area contributed by atoms with Crippen LogP contribution in [0.25, 0.3) is 0 Å². The van der Waals surface area contributed by atoms with E-state index in [0.29, 0.717) is 19.6 Å². The Kier molecular flexibility index (Phi) is 4.16. The molecule has 6 nitrogen and oxygen atoms in total. The zero-order valence-electron chi connectivity index (χ0n) is 13.5. The fourth-order valence-electron chi connectivity index (χ4n) is 3.69. The molecule has 0 aromatic carbocycles. The molecule has 2 unspecified atom stereocenters. The number of aryl methyl sites for hydroxylation is 1. The Morgan fingerprint density at radius 2 is 2.00 bits per heavy atom. The smallest absolute Gasteiger partial charge is 0.218 e. The molecular weight excluding hydrogens is 344 g/mol. The topological polar surface area (TPSA) is 66.4 Å². The van der Waals surface area contributed by atoms with Gasteiger partial charge in [-0.15, -0.1) is 11.3 Å². The number of hydrogen-bond donors (Lipinski definition) is 0. The highest BCUT2D eigenvalue weighted by molar-refractivity contribution is 7.90. The van der Waals surface area contributed by atoms with Gasteiger partial charge in [0.1, 0.15) is 0 Å². The van der Waals surface area contributed by atoms with Crippen molar-refractivity contribution in [2.75, 3.05) is 19.6 Å². The maximum atomic E-state index is 12.8. The van der Waals surface area contributed by atoms with Crippen LogP contribution in [0.4, 0.5) is 0 Å². The zero-order valence-corrected chi connectivity index (χ0v) is 15.1. The maximum Gasteiger partial charge on any atom is 0.218 e. The number of hydrogen-bond acceptors (Lipinski definition) is 6. The van der Waals surface area contributed by atoms with Gasteiger partial charge in [0.25, 0.3) is 0 Å². The van der Waals surface area contributed by atoms with Crippen molar-refractivity contribution in [1.82, 2.24) is 19.2 Å². The van der Waals surface area contributed by atoms with E-state index in [4.69, 9.17) is 0 Å². The van der Waals surface area contributed by atoms with E-state index in [1.807, 2.05) is 24.4 Å². The van der Waals surface area contributed by atoms with Gasteiger partial charge < -0.3 is 0 Å². The lowest BCUT2D eigenvalue weighted by atomic mass is 10.1. The fraction of sp³-hybridized carbons (Fsp3) is 0.500. The summed E-state index contributed by atoms with van der Waals surface area (Å²) in [5, 5.41) is 2.65. The lowest BCUT2D eigenvalue weighted by Crippen LogP contribution is -2.34. The molecule has 2 fully saturated rings. The summed E-state index contributed by atoms with van der Waals surface area (Å²) in [5.41, 5.74) is 2.03. The summed E-state index contributed by atoms with van der Waals surface area (Å²) in [7, 11) is -3.23. The van der Waals surface area contributed by atoms with Crippen LogP contribution in [-0.2, 0) is 23.1 Å². The summed E-state index contributed by atoms with van der Waals surface area (Å²) in [6.07, 6.45) is 3.56. The molecule has 2 aromatic heterocycles. The highest BCUT2D eigenvalue weighted by atomic mass is 32.2. The molecule has 128 valence electrons. The summed E-state index contributed by atoms with van der Waals surface area (Å²) in [5.74, 6) is 0.191. The minimum absolute atomic E-state index is 0.191. The van der Waals surface area contributed by atoms with E-state index < -0.39 is 10.0 Å². The van der Waals surface area contributed by atoms with Gasteiger partial charge in [0.15, 0.2) is 0 Å². The van der Waals surface area contributed by atoms with Crippen LogP contribution in [0.1, 0.15) is 16.3 Å². The lowest BCUT2D eigenvalue weighted by molar-refractivity contribution is 0.294. The Balaban J connectivity index is 1.44. The predicted molar refractivity (Wildman–Crippen MR) is 93.0 cm³/mol. The number of thiazole rings is 1. The number of aromatic nitrogens is 2. The molecule has 24 heavy (non-hydrogen) atoms. The molecule has 4 heterocycles. The number of fused-ring (bicyclic) bond motifs is 1. The van der Waals surface area contributed by atoms with Crippen molar-refractivity contribution in [3.8, 4) is 0 Å². The first-order valence-electron chi connectivity index (χ1n) is 8.03. The second kappa shape index (κ2) is 6.18. The molecule has 8 heteroatoms. The first-order chi connectivity index (χ1) is 11.5. The van der Waals surface area contributed by atoms with Crippen LogP contribution in [-0.4, -0.2) is 52.5 Å². The zero-order chi connectivity index (χ0) is 16.7. The van der Waals surface area contributed by atoms with Gasteiger partial charge >= 0.3 is 0 Å². The summed E-state index contributed by atoms with van der Waals surface area (Å²) in [6.45, 7) is 5.19. The van der Waals surface area contributed by atoms with Crippen molar-refractivity contribution in [3.63, 3.8) is 0 Å². The Morgan fingerprint density at radius 1 is 1.21 bits per heavy atom. The van der Waals surface area contributed by atoms with Gasteiger partial charge in [-0.05, 0) is 24.6 Å². The lowest BCUT2D eigenvalue weighted by Gasteiger charge is -2.20. The molecule has 2 saturated heterocycles. The van der Waals surface area contributed by atoms with E-state index in [1.165, 1.54) is 5.56 Å². The Hall–Kier alpha value is -1.35. The summed E-state index contributed by atoms with van der Waals surface area (Å²) in [6, 6.07) is 3.97. The standard InChI is InChI=1S/C16H20N4O2S2/c1-12-18-15(11-23-12)9-20-8-14-7-19(10-16(14)24(20,21)22)6-13-2-4-17-5-3-13/h2-5,11,14,16H,6-10H2,1H3. The number of rotatable bonds is 4. The molecule has 0 aliphatic carbocycles. The Bertz CT molecular complexity index is 822. The van der Waals surface area contributed by atoms with Crippen LogP contribution in [0, 0.1) is 12.8 Å². The third-order valence-electron chi connectivity index (χ3n) is 4.80. The molecule has 2 aliphatic heterocycles. The van der Waals surface area contributed by atoms with Crippen molar-refractivity contribution in [1.29, 1.82) is 0 Å². The van der Waals surface area contributed by atoms with Crippen LogP contribution in [0.2, 0.25) is 0 Å². The first kappa shape index (κ1) is 16.1. The van der Waals surface area contributed by atoms with Gasteiger partial charge in [0.2, 0.25) is 10.0 Å². The van der Waals surface area contributed by atoms with Gasteiger partial charge in [-0.25, -0.2) is 13.4 Å². The predicted octanol–water partition coefficient (Wildman–Crippen LogP) is 1.49. The molecule has 2 aliphatic rings. The van der Waals surface area contributed by atoms with Crippen LogP contribution in [0.5, 0.6) is 0 Å². The van der Waals surface area contributed by atoms with Crippen LogP contribution in [0.3, 0.4) is 0 Å². The van der Waals surface area contributed by atoms with Crippen molar-refractivity contribution >= 4 is 21.4 Å². The molecule has 0 radical (unpaired) electrons. The number of sulfonamides is 1. The van der Waals surface area contributed by atoms with Crippen LogP contribution < -0.4 is 0 Å². The van der Waals surface area contributed by atoms with Crippen molar-refractivity contribution in [2.24, 2.45) is 5.92 Å². The normalized spacial score (nSPS) is 26.7. The van der Waals surface area contributed by atoms with E-state index >= 15 is 0 Å². The molecule has 4 rings (SSSR count). The SMILES string of the molecule is Cc1nc(CN2CC3CN(Cc4ccncc4)CC3S2(=O)=O)cs1. The number of likely N-dealkylation sites (tertiary alicyclic amines) is 1. The summed E-state index contributed by atoms with van der Waals surface area (Å²) < 4.78 is 27.3. The first-order valence-corrected chi connectivity index (χ1v) is 10.4. The summed E-state index contributed by atoms with van der Waals surface area (Å²) in [4.78, 5) is 10.7. The monoisotopic (exact) mass is 364 g/mol. The quantitative estimate of drug-likeness (QED) is 0.822. The second-order valence-electron chi connectivity index (χ2n) is 6.54. The third-order valence-corrected chi connectivity index (χ3v) is 7.92. The molecule has 0 spiro atoms. The summed E-state index contributed by atoms with van der Waals surface area (Å²) >= 11 is 1.56. The van der Waals surface area contributed by atoms with E-state index in [2.05, 4.69) is 14.9 Å². The van der Waals surface area contributed by atoms with Gasteiger partial charge in [-0.3, -0.25) is 9.88 Å². The Labute approximate surface area is 146 Å². The van der Waals surface area contributed by atoms with Crippen LogP contribution >= 0.6 is 11.3 Å². The minimum Gasteiger partial charge on any atom is -0.297 e. The van der Waals surface area contributed by atoms with Crippen LogP contribution in [0.15, 0.2) is 29.9 Å². The average molecular weight is 364 g/mol. The van der Waals surface area contributed by atoms with Crippen molar-refractivity contribution < 1.29 is 8.42 Å². The Morgan fingerprint density at radius 3 is 2.67 bits per heavy atom. The molecule has 2 atom stereocenters. The third kappa shape index (κ3) is 2.99. The van der Waals surface area contributed by atoms with Gasteiger partial charge in [-0.1, -0.05) is 0 Å². The number of nitrogens with zero attached hydrogens (tertiary/aromatic N) is 4. The van der Waals surface area contributed by atoms with E-state index in [0.717, 1.165) is 23.8 Å². The molecule has 0 N–H and O–H groups in total. The molecular formula is C16H20N4O2S2. The fourth-order valence-corrected chi connectivity index (χ4v) is 6.44. The highest BCUT2D eigenvalue weighted by Gasteiger charge is 2.50. The van der Waals surface area contributed by atoms with Crippen molar-refractivity contribution in [2.45, 2.75) is 25.3 Å². The van der Waals surface area contributed by atoms with E-state index in [1.54, 1.807) is 28.0 Å². The van der Waals surface area contributed by atoms with Gasteiger partial charge in [0, 0.05) is 49.9 Å². The number of pyridine rings is 1. The van der Waals surface area contributed by atoms with Gasteiger partial charge in [-0.2, -0.15) is 4.31 Å². The average Bonchev–Trinajstić information content (AvgIpc) is 3.19. The van der Waals surface area contributed by atoms with E-state index in [9.17, 15) is 8.42 Å².